The summed E-state index contributed by atoms with van der Waals surface area (Å²) >= 11 is 0. The Labute approximate surface area is 209 Å². The number of nitrogens with one attached hydrogen (secondary N) is 1. The third kappa shape index (κ3) is 4.13. The fourth-order valence-electron chi connectivity index (χ4n) is 5.31. The number of nitriles is 1. The second kappa shape index (κ2) is 9.39. The molecular weight excluding hydrogens is 462 g/mol. The highest BCUT2D eigenvalue weighted by Gasteiger charge is 2.39. The molecule has 3 aliphatic rings. The predicted octanol–water partition coefficient (Wildman–Crippen LogP) is 1.11. The molecule has 0 bridgehead atoms. The quantitative estimate of drug-likeness (QED) is 0.589. The minimum atomic E-state index is -0.276. The summed E-state index contributed by atoms with van der Waals surface area (Å²) in [6, 6.07) is 7.22. The molecule has 3 aliphatic heterocycles. The number of urea groups is 1. The maximum absolute atomic E-state index is 13.1. The number of pyridine rings is 1. The fourth-order valence-corrected chi connectivity index (χ4v) is 5.31. The molecule has 4 heterocycles. The summed E-state index contributed by atoms with van der Waals surface area (Å²) in [5.41, 5.74) is 10.4. The van der Waals surface area contributed by atoms with Gasteiger partial charge >= 0.3 is 12.0 Å². The number of hydrogen-bond donors (Lipinski definition) is 2. The van der Waals surface area contributed by atoms with Crippen LogP contribution >= 0.6 is 0 Å². The maximum Gasteiger partial charge on any atom is 0.338 e. The molecule has 0 radical (unpaired) electrons. The largest absolute Gasteiger partial charge is 0.495 e. The number of anilines is 1. The maximum atomic E-state index is 13.1. The van der Waals surface area contributed by atoms with E-state index >= 15 is 0 Å². The Hall–Kier alpha value is -3.72. The molecule has 1 unspecified atom stereocenters. The molecule has 2 amide bonds. The van der Waals surface area contributed by atoms with E-state index in [1.807, 2.05) is 25.1 Å². The van der Waals surface area contributed by atoms with Gasteiger partial charge in [0, 0.05) is 44.4 Å². The molecule has 3 atom stereocenters. The van der Waals surface area contributed by atoms with Crippen LogP contribution in [0.4, 0.5) is 10.6 Å². The van der Waals surface area contributed by atoms with Crippen LogP contribution in [0.25, 0.3) is 0 Å². The third-order valence-corrected chi connectivity index (χ3v) is 7.31. The Morgan fingerprint density at radius 3 is 2.86 bits per heavy atom. The van der Waals surface area contributed by atoms with Crippen molar-refractivity contribution in [2.24, 2.45) is 5.73 Å². The zero-order chi connectivity index (χ0) is 25.6. The molecule has 11 heteroatoms. The number of esters is 1. The average Bonchev–Trinajstić information content (AvgIpc) is 3.38. The smallest absolute Gasteiger partial charge is 0.338 e. The number of methoxy groups -OCH3 is 1. The fraction of sp³-hybridized carbons (Fsp3) is 0.440. The van der Waals surface area contributed by atoms with E-state index < -0.39 is 0 Å². The van der Waals surface area contributed by atoms with Gasteiger partial charge in [0.25, 0.3) is 0 Å². The van der Waals surface area contributed by atoms with Crippen molar-refractivity contribution in [3.63, 3.8) is 0 Å². The van der Waals surface area contributed by atoms with E-state index in [2.05, 4.69) is 15.2 Å². The van der Waals surface area contributed by atoms with E-state index in [9.17, 15) is 14.9 Å². The summed E-state index contributed by atoms with van der Waals surface area (Å²) in [5.74, 6) is 0.558. The summed E-state index contributed by atoms with van der Waals surface area (Å²) in [4.78, 5) is 34.9. The van der Waals surface area contributed by atoms with Gasteiger partial charge in [0.05, 0.1) is 37.6 Å². The number of cyclic esters (lactones) is 1. The normalized spacial score (nSPS) is 24.0. The van der Waals surface area contributed by atoms with Gasteiger partial charge in [-0.05, 0) is 24.1 Å². The van der Waals surface area contributed by atoms with Crippen molar-refractivity contribution < 1.29 is 19.1 Å². The standard InChI is InChI=1S/C25H29N7O4/c1-14-17(4-5-18-19(14)13-36-24(18)33)20-11-31(12-22(27)29-20)9-16-10-32(25(34)30(16)2)23-6-21(35-3)15(7-26)8-28-23/h4-6,8,16,20,22,29H,9-13,27H2,1-3H3/t16?,20-,22+/m0/s1. The first kappa shape index (κ1) is 24.0. The van der Waals surface area contributed by atoms with Crippen LogP contribution in [0.15, 0.2) is 24.4 Å². The topological polar surface area (TPSA) is 137 Å². The molecule has 2 saturated heterocycles. The van der Waals surface area contributed by atoms with E-state index in [0.717, 1.165) is 16.7 Å². The third-order valence-electron chi connectivity index (χ3n) is 7.31. The number of ether oxygens (including phenoxy) is 2. The van der Waals surface area contributed by atoms with Crippen LogP contribution in [0, 0.1) is 18.3 Å². The molecule has 2 fully saturated rings. The van der Waals surface area contributed by atoms with Crippen molar-refractivity contribution in [1.29, 1.82) is 5.26 Å². The second-order valence-corrected chi connectivity index (χ2v) is 9.44. The minimum absolute atomic E-state index is 0.0160. The van der Waals surface area contributed by atoms with E-state index in [0.29, 0.717) is 55.5 Å². The summed E-state index contributed by atoms with van der Waals surface area (Å²) in [5, 5.41) is 12.7. The van der Waals surface area contributed by atoms with Crippen molar-refractivity contribution in [3.8, 4) is 11.8 Å². The van der Waals surface area contributed by atoms with Crippen LogP contribution in [-0.4, -0.2) is 79.3 Å². The lowest BCUT2D eigenvalue weighted by Gasteiger charge is -2.39. The number of hydrogen-bond acceptors (Lipinski definition) is 9. The number of carbonyl (C=O) groups excluding carboxylic acids is 2. The molecule has 1 aromatic heterocycles. The SMILES string of the molecule is COc1cc(N2CC(CN3C[C@@H](c4ccc5c(c4C)COC5=O)N[C@@H](N)C3)N(C)C2=O)ncc1C#N. The van der Waals surface area contributed by atoms with Crippen molar-refractivity contribution in [3.05, 3.63) is 52.2 Å². The molecular formula is C25H29N7O4. The van der Waals surface area contributed by atoms with Gasteiger partial charge in [-0.1, -0.05) is 6.07 Å². The summed E-state index contributed by atoms with van der Waals surface area (Å²) in [6.45, 7) is 4.77. The first-order valence-electron chi connectivity index (χ1n) is 11.8. The zero-order valence-electron chi connectivity index (χ0n) is 20.5. The number of nitrogens with zero attached hydrogens (tertiary/aromatic N) is 5. The van der Waals surface area contributed by atoms with Crippen LogP contribution in [0.1, 0.15) is 38.7 Å². The highest BCUT2D eigenvalue weighted by Crippen LogP contribution is 2.31. The highest BCUT2D eigenvalue weighted by molar-refractivity contribution is 5.94. The molecule has 2 aromatic rings. The van der Waals surface area contributed by atoms with Gasteiger partial charge < -0.3 is 20.1 Å². The Kier molecular flexibility index (Phi) is 6.26. The number of piperazine rings is 1. The first-order chi connectivity index (χ1) is 17.3. The number of aromatic nitrogens is 1. The Balaban J connectivity index is 1.32. The lowest BCUT2D eigenvalue weighted by atomic mass is 9.92. The van der Waals surface area contributed by atoms with E-state index in [1.165, 1.54) is 13.3 Å². The molecule has 1 aromatic carbocycles. The van der Waals surface area contributed by atoms with Crippen LogP contribution in [0.3, 0.4) is 0 Å². The van der Waals surface area contributed by atoms with Gasteiger partial charge in [-0.25, -0.2) is 14.6 Å². The van der Waals surface area contributed by atoms with Gasteiger partial charge in [-0.3, -0.25) is 15.1 Å². The van der Waals surface area contributed by atoms with Crippen molar-refractivity contribution in [1.82, 2.24) is 20.1 Å². The van der Waals surface area contributed by atoms with Gasteiger partial charge in [0.2, 0.25) is 0 Å². The number of fused-ring (bicyclic) bond motifs is 1. The van der Waals surface area contributed by atoms with Crippen molar-refractivity contribution >= 4 is 17.8 Å². The van der Waals surface area contributed by atoms with E-state index in [1.54, 1.807) is 22.9 Å². The Morgan fingerprint density at radius 2 is 2.11 bits per heavy atom. The first-order valence-corrected chi connectivity index (χ1v) is 11.8. The Morgan fingerprint density at radius 1 is 1.31 bits per heavy atom. The van der Waals surface area contributed by atoms with Crippen LogP contribution in [0.5, 0.6) is 5.75 Å². The number of amides is 2. The molecule has 0 spiro atoms. The number of nitrogens with two attached hydrogens (primary N) is 1. The minimum Gasteiger partial charge on any atom is -0.495 e. The molecule has 188 valence electrons. The monoisotopic (exact) mass is 491 g/mol. The number of rotatable bonds is 5. The van der Waals surface area contributed by atoms with Gasteiger partial charge in [0.15, 0.2) is 0 Å². The van der Waals surface area contributed by atoms with Crippen LogP contribution in [-0.2, 0) is 11.3 Å². The molecule has 0 aliphatic carbocycles. The molecule has 0 saturated carbocycles. The molecule has 5 rings (SSSR count). The van der Waals surface area contributed by atoms with Gasteiger partial charge in [-0.15, -0.1) is 0 Å². The number of benzene rings is 1. The second-order valence-electron chi connectivity index (χ2n) is 9.44. The number of carbonyl (C=O) groups is 2. The Bertz CT molecular complexity index is 1260. The van der Waals surface area contributed by atoms with E-state index in [-0.39, 0.29) is 30.2 Å². The average molecular weight is 492 g/mol. The predicted molar refractivity (Wildman–Crippen MR) is 130 cm³/mol. The zero-order valence-corrected chi connectivity index (χ0v) is 20.5. The van der Waals surface area contributed by atoms with Gasteiger partial charge in [0.1, 0.15) is 29.8 Å². The summed E-state index contributed by atoms with van der Waals surface area (Å²) in [7, 11) is 3.27. The lowest BCUT2D eigenvalue weighted by Crippen LogP contribution is -2.58. The highest BCUT2D eigenvalue weighted by atomic mass is 16.5. The summed E-state index contributed by atoms with van der Waals surface area (Å²) in [6.07, 6.45) is 1.18. The summed E-state index contributed by atoms with van der Waals surface area (Å²) < 4.78 is 10.5. The van der Waals surface area contributed by atoms with Crippen LogP contribution < -0.4 is 20.7 Å². The number of likely N-dealkylation sites (N-methyl/N-ethyl adjacent to an activating group) is 1. The van der Waals surface area contributed by atoms with E-state index in [4.69, 9.17) is 15.2 Å². The van der Waals surface area contributed by atoms with Crippen molar-refractivity contribution in [2.75, 3.05) is 45.2 Å². The van der Waals surface area contributed by atoms with Crippen molar-refractivity contribution in [2.45, 2.75) is 31.8 Å². The van der Waals surface area contributed by atoms with Gasteiger partial charge in [-0.2, -0.15) is 5.26 Å². The molecule has 3 N–H and O–H groups in total. The molecule has 36 heavy (non-hydrogen) atoms. The lowest BCUT2D eigenvalue weighted by molar-refractivity contribution is 0.0535. The molecule has 11 nitrogen and oxygen atoms in total. The van der Waals surface area contributed by atoms with Crippen LogP contribution in [0.2, 0.25) is 0 Å².